The lowest BCUT2D eigenvalue weighted by Gasteiger charge is -2.16. The normalized spacial score (nSPS) is 12.5. The standard InChI is InChI=1S/C13H21NO2/c1-4-16-9-12(15)8-14-13-10(2)6-5-7-11(13)3/h5-7,12,14-15H,4,8-9H2,1-3H3. The summed E-state index contributed by atoms with van der Waals surface area (Å²) in [6, 6.07) is 6.15. The van der Waals surface area contributed by atoms with Crippen LogP contribution in [-0.2, 0) is 4.74 Å². The topological polar surface area (TPSA) is 41.5 Å². The highest BCUT2D eigenvalue weighted by Crippen LogP contribution is 2.19. The maximum Gasteiger partial charge on any atom is 0.0945 e. The number of ether oxygens (including phenoxy) is 1. The fourth-order valence-electron chi connectivity index (χ4n) is 1.63. The van der Waals surface area contributed by atoms with Crippen LogP contribution < -0.4 is 5.32 Å². The Hall–Kier alpha value is -1.06. The molecule has 0 aromatic heterocycles. The number of hydrogen-bond donors (Lipinski definition) is 2. The van der Waals surface area contributed by atoms with Crippen LogP contribution in [0.5, 0.6) is 0 Å². The summed E-state index contributed by atoms with van der Waals surface area (Å²) >= 11 is 0. The van der Waals surface area contributed by atoms with E-state index >= 15 is 0 Å². The predicted octanol–water partition coefficient (Wildman–Crippen LogP) is 2.11. The average Bonchev–Trinajstić information content (AvgIpc) is 2.25. The van der Waals surface area contributed by atoms with Crippen molar-refractivity contribution < 1.29 is 9.84 Å². The maximum atomic E-state index is 9.64. The third kappa shape index (κ3) is 3.83. The molecule has 0 amide bonds. The molecule has 1 atom stereocenters. The van der Waals surface area contributed by atoms with Crippen LogP contribution in [0.3, 0.4) is 0 Å². The van der Waals surface area contributed by atoms with Gasteiger partial charge >= 0.3 is 0 Å². The molecule has 1 aromatic carbocycles. The van der Waals surface area contributed by atoms with Crippen LogP contribution in [0.1, 0.15) is 18.1 Å². The van der Waals surface area contributed by atoms with E-state index in [2.05, 4.69) is 31.3 Å². The van der Waals surface area contributed by atoms with Crippen LogP contribution in [-0.4, -0.2) is 31.0 Å². The highest BCUT2D eigenvalue weighted by Gasteiger charge is 2.06. The fraction of sp³-hybridized carbons (Fsp3) is 0.538. The molecule has 16 heavy (non-hydrogen) atoms. The van der Waals surface area contributed by atoms with Crippen LogP contribution >= 0.6 is 0 Å². The van der Waals surface area contributed by atoms with Gasteiger partial charge in [-0.25, -0.2) is 0 Å². The molecule has 3 heteroatoms. The molecule has 0 aliphatic carbocycles. The van der Waals surface area contributed by atoms with Crippen molar-refractivity contribution in [2.75, 3.05) is 25.1 Å². The van der Waals surface area contributed by atoms with Gasteiger partial charge in [0.15, 0.2) is 0 Å². The second-order valence-corrected chi connectivity index (χ2v) is 3.96. The van der Waals surface area contributed by atoms with Crippen LogP contribution in [0.15, 0.2) is 18.2 Å². The number of nitrogens with one attached hydrogen (secondary N) is 1. The van der Waals surface area contributed by atoms with E-state index in [0.717, 1.165) is 5.69 Å². The zero-order valence-corrected chi connectivity index (χ0v) is 10.3. The van der Waals surface area contributed by atoms with Crippen molar-refractivity contribution in [1.29, 1.82) is 0 Å². The van der Waals surface area contributed by atoms with Gasteiger partial charge in [0.25, 0.3) is 0 Å². The maximum absolute atomic E-state index is 9.64. The highest BCUT2D eigenvalue weighted by molar-refractivity contribution is 5.56. The number of hydrogen-bond acceptors (Lipinski definition) is 3. The van der Waals surface area contributed by atoms with Crippen molar-refractivity contribution >= 4 is 5.69 Å². The Bertz CT molecular complexity index is 305. The predicted molar refractivity (Wildman–Crippen MR) is 66.9 cm³/mol. The number of para-hydroxylation sites is 1. The molecule has 0 saturated heterocycles. The minimum atomic E-state index is -0.459. The summed E-state index contributed by atoms with van der Waals surface area (Å²) in [4.78, 5) is 0. The van der Waals surface area contributed by atoms with Gasteiger partial charge in [0.1, 0.15) is 0 Å². The van der Waals surface area contributed by atoms with Gasteiger partial charge in [-0.05, 0) is 31.9 Å². The zero-order valence-electron chi connectivity index (χ0n) is 10.3. The molecular weight excluding hydrogens is 202 g/mol. The number of rotatable bonds is 6. The third-order valence-corrected chi connectivity index (χ3v) is 2.51. The Balaban J connectivity index is 2.48. The van der Waals surface area contributed by atoms with E-state index in [1.54, 1.807) is 0 Å². The van der Waals surface area contributed by atoms with Crippen molar-refractivity contribution in [3.05, 3.63) is 29.3 Å². The quantitative estimate of drug-likeness (QED) is 0.776. The highest BCUT2D eigenvalue weighted by atomic mass is 16.5. The first-order valence-corrected chi connectivity index (χ1v) is 5.71. The first-order valence-electron chi connectivity index (χ1n) is 5.71. The average molecular weight is 223 g/mol. The Morgan fingerprint density at radius 3 is 2.50 bits per heavy atom. The van der Waals surface area contributed by atoms with E-state index in [9.17, 15) is 5.11 Å². The van der Waals surface area contributed by atoms with E-state index in [-0.39, 0.29) is 0 Å². The summed E-state index contributed by atoms with van der Waals surface area (Å²) < 4.78 is 5.15. The smallest absolute Gasteiger partial charge is 0.0945 e. The summed E-state index contributed by atoms with van der Waals surface area (Å²) in [6.45, 7) is 7.58. The molecular formula is C13H21NO2. The molecule has 1 rings (SSSR count). The number of aryl methyl sites for hydroxylation is 2. The van der Waals surface area contributed by atoms with E-state index in [1.807, 2.05) is 13.0 Å². The monoisotopic (exact) mass is 223 g/mol. The first kappa shape index (κ1) is 13.0. The summed E-state index contributed by atoms with van der Waals surface area (Å²) in [5.41, 5.74) is 3.50. The SMILES string of the molecule is CCOCC(O)CNc1c(C)cccc1C. The zero-order chi connectivity index (χ0) is 12.0. The van der Waals surface area contributed by atoms with Crippen molar-refractivity contribution in [2.45, 2.75) is 26.9 Å². The van der Waals surface area contributed by atoms with Crippen molar-refractivity contribution in [3.8, 4) is 0 Å². The van der Waals surface area contributed by atoms with Gasteiger partial charge in [-0.15, -0.1) is 0 Å². The first-order chi connectivity index (χ1) is 7.65. The van der Waals surface area contributed by atoms with Gasteiger partial charge in [0.05, 0.1) is 12.7 Å². The van der Waals surface area contributed by atoms with Crippen molar-refractivity contribution in [2.24, 2.45) is 0 Å². The Kier molecular flexibility index (Phi) is 5.29. The number of aliphatic hydroxyl groups is 1. The summed E-state index contributed by atoms with van der Waals surface area (Å²) in [6.07, 6.45) is -0.459. The minimum Gasteiger partial charge on any atom is -0.389 e. The van der Waals surface area contributed by atoms with E-state index in [1.165, 1.54) is 11.1 Å². The van der Waals surface area contributed by atoms with Gasteiger partial charge in [-0.1, -0.05) is 18.2 Å². The van der Waals surface area contributed by atoms with Crippen molar-refractivity contribution in [3.63, 3.8) is 0 Å². The fourth-order valence-corrected chi connectivity index (χ4v) is 1.63. The molecule has 0 fully saturated rings. The van der Waals surface area contributed by atoms with E-state index in [0.29, 0.717) is 19.8 Å². The van der Waals surface area contributed by atoms with Gasteiger partial charge in [0, 0.05) is 18.8 Å². The molecule has 0 bridgehead atoms. The lowest BCUT2D eigenvalue weighted by Crippen LogP contribution is -2.25. The van der Waals surface area contributed by atoms with Crippen LogP contribution in [0, 0.1) is 13.8 Å². The minimum absolute atomic E-state index is 0.383. The second-order valence-electron chi connectivity index (χ2n) is 3.96. The van der Waals surface area contributed by atoms with Gasteiger partial charge in [0.2, 0.25) is 0 Å². The molecule has 1 aromatic rings. The Morgan fingerprint density at radius 2 is 1.94 bits per heavy atom. The van der Waals surface area contributed by atoms with Gasteiger partial charge < -0.3 is 15.2 Å². The molecule has 0 aliphatic rings. The third-order valence-electron chi connectivity index (χ3n) is 2.51. The van der Waals surface area contributed by atoms with Gasteiger partial charge in [-0.2, -0.15) is 0 Å². The lowest BCUT2D eigenvalue weighted by molar-refractivity contribution is 0.0496. The summed E-state index contributed by atoms with van der Waals surface area (Å²) in [7, 11) is 0. The molecule has 0 spiro atoms. The molecule has 90 valence electrons. The van der Waals surface area contributed by atoms with Crippen molar-refractivity contribution in [1.82, 2.24) is 0 Å². The molecule has 0 radical (unpaired) electrons. The molecule has 1 unspecified atom stereocenters. The van der Waals surface area contributed by atoms with E-state index in [4.69, 9.17) is 4.74 Å². The molecule has 3 nitrogen and oxygen atoms in total. The molecule has 0 saturated carbocycles. The van der Waals surface area contributed by atoms with Crippen LogP contribution in [0.25, 0.3) is 0 Å². The molecule has 2 N–H and O–H groups in total. The molecule has 0 heterocycles. The van der Waals surface area contributed by atoms with Gasteiger partial charge in [-0.3, -0.25) is 0 Å². The largest absolute Gasteiger partial charge is 0.389 e. The summed E-state index contributed by atoms with van der Waals surface area (Å²) in [5.74, 6) is 0. The van der Waals surface area contributed by atoms with E-state index < -0.39 is 6.10 Å². The summed E-state index contributed by atoms with van der Waals surface area (Å²) in [5, 5.41) is 12.9. The Labute approximate surface area is 97.4 Å². The second kappa shape index (κ2) is 6.51. The number of aliphatic hydroxyl groups excluding tert-OH is 1. The number of benzene rings is 1. The number of anilines is 1. The van der Waals surface area contributed by atoms with Crippen LogP contribution in [0.4, 0.5) is 5.69 Å². The Morgan fingerprint density at radius 1 is 1.31 bits per heavy atom. The van der Waals surface area contributed by atoms with Crippen LogP contribution in [0.2, 0.25) is 0 Å². The lowest BCUT2D eigenvalue weighted by atomic mass is 10.1. The molecule has 0 aliphatic heterocycles.